The summed E-state index contributed by atoms with van der Waals surface area (Å²) in [6.07, 6.45) is 1.91. The summed E-state index contributed by atoms with van der Waals surface area (Å²) in [5.41, 5.74) is 9.55. The molecule has 164 valence electrons. The summed E-state index contributed by atoms with van der Waals surface area (Å²) in [7, 11) is 0. The van der Waals surface area contributed by atoms with Crippen molar-refractivity contribution < 1.29 is 44.6 Å². The van der Waals surface area contributed by atoms with E-state index in [1.807, 2.05) is 11.7 Å². The molecule has 0 saturated carbocycles. The van der Waals surface area contributed by atoms with Gasteiger partial charge in [-0.2, -0.15) is 0 Å². The molecular formula is C25H25N5SXe. The predicted octanol–water partition coefficient (Wildman–Crippen LogP) is 5.73. The molecule has 0 unspecified atom stereocenters. The molecule has 0 amide bonds. The molecule has 2 N–H and O–H groups in total. The Morgan fingerprint density at radius 2 is 1.75 bits per heavy atom. The van der Waals surface area contributed by atoms with Gasteiger partial charge in [-0.3, -0.25) is 0 Å². The number of fused-ring (bicyclic) bond motifs is 2. The Morgan fingerprint density at radius 1 is 0.969 bits per heavy atom. The number of H-pyrrole nitrogens is 1. The number of nitrogens with one attached hydrogen (secondary N) is 2. The number of benzene rings is 2. The van der Waals surface area contributed by atoms with Crippen molar-refractivity contribution >= 4 is 33.1 Å². The van der Waals surface area contributed by atoms with Crippen LogP contribution in [-0.2, 0) is 0 Å². The molecule has 1 aliphatic heterocycles. The topological polar surface area (TPSA) is 66.0 Å². The molecule has 2 aromatic heterocycles. The van der Waals surface area contributed by atoms with E-state index in [0.717, 1.165) is 34.1 Å². The third-order valence-electron chi connectivity index (χ3n) is 5.55. The number of aromatic nitrogens is 3. The van der Waals surface area contributed by atoms with Gasteiger partial charge in [0.1, 0.15) is 0 Å². The minimum absolute atomic E-state index is 0.276. The Morgan fingerprint density at radius 3 is 2.50 bits per heavy atom. The van der Waals surface area contributed by atoms with E-state index in [-0.39, 0.29) is 44.6 Å². The van der Waals surface area contributed by atoms with Gasteiger partial charge < -0.3 is 0 Å². The van der Waals surface area contributed by atoms with Crippen molar-refractivity contribution in [3.05, 3.63) is 60.0 Å². The van der Waals surface area contributed by atoms with Crippen molar-refractivity contribution in [2.75, 3.05) is 0 Å². The first-order valence-electron chi connectivity index (χ1n) is 10.6. The molecule has 5 nitrogen and oxygen atoms in total. The van der Waals surface area contributed by atoms with Crippen LogP contribution in [0.4, 0.5) is 0 Å². The summed E-state index contributed by atoms with van der Waals surface area (Å²) >= 11 is 1.41. The molecule has 7 heteroatoms. The standard InChI is InChI=1S/C25H25N5SXe/c1-13(2)24-26-11-20(29-24)19-9-8-18(23-22(19)27-12-31-23)16-6-7-17-15(5)28-25(14(3)4)30-32-21(17)10-16/h6-14H,5H2,1-4H3,(H,26,29)(H,28,30). The van der Waals surface area contributed by atoms with Crippen LogP contribution in [0.3, 0.4) is 0 Å². The molecule has 0 atom stereocenters. The number of hydrogen-bond donors (Lipinski definition) is 2. The molecule has 3 heterocycles. The molecule has 4 aromatic rings. The van der Waals surface area contributed by atoms with Crippen molar-refractivity contribution in [2.45, 2.75) is 33.6 Å². The number of imidazole rings is 1. The van der Waals surface area contributed by atoms with Gasteiger partial charge in [-0.25, -0.2) is 0 Å². The monoisotopic (exact) mass is 559 g/mol. The minimum atomic E-state index is -0.276. The maximum absolute atomic E-state index is 4.89. The first kappa shape index (κ1) is 22.1. The number of thiazole rings is 1. The summed E-state index contributed by atoms with van der Waals surface area (Å²) in [4.78, 5) is 12.7. The van der Waals surface area contributed by atoms with E-state index in [0.29, 0.717) is 11.8 Å². The Hall–Kier alpha value is -1.68. The second-order valence-electron chi connectivity index (χ2n) is 8.51. The Bertz CT molecular complexity index is 1360. The average Bonchev–Trinajstić information content (AvgIpc) is 3.42. The summed E-state index contributed by atoms with van der Waals surface area (Å²) in [5.74, 6) is 2.74. The molecule has 0 radical (unpaired) electrons. The second kappa shape index (κ2) is 8.93. The van der Waals surface area contributed by atoms with Crippen molar-refractivity contribution in [1.82, 2.24) is 20.3 Å². The fraction of sp³-hybridized carbons (Fsp3) is 0.240. The number of nitrogens with zero attached hydrogens (tertiary/aromatic N) is 3. The third kappa shape index (κ3) is 4.04. The van der Waals surface area contributed by atoms with E-state index in [9.17, 15) is 0 Å². The van der Waals surface area contributed by atoms with E-state index < -0.39 is 0 Å². The Balaban J connectivity index is 1.58. The molecule has 0 saturated heterocycles. The van der Waals surface area contributed by atoms with E-state index in [4.69, 9.17) is 4.99 Å². The van der Waals surface area contributed by atoms with E-state index in [2.05, 4.69) is 79.9 Å². The van der Waals surface area contributed by atoms with Crippen LogP contribution in [0.5, 0.6) is 0 Å². The second-order valence-corrected chi connectivity index (χ2v) is 11.4. The van der Waals surface area contributed by atoms with Gasteiger partial charge in [0.25, 0.3) is 0 Å². The zero-order valence-electron chi connectivity index (χ0n) is 18.5. The van der Waals surface area contributed by atoms with Crippen LogP contribution in [0.15, 0.2) is 48.6 Å². The van der Waals surface area contributed by atoms with Crippen LogP contribution in [0.2, 0.25) is 0 Å². The molecular weight excluding hydrogens is 534 g/mol. The number of aromatic amines is 1. The van der Waals surface area contributed by atoms with Crippen molar-refractivity contribution in [3.63, 3.8) is 0 Å². The Kier molecular flexibility index (Phi) is 6.18. The molecule has 0 bridgehead atoms. The van der Waals surface area contributed by atoms with E-state index in [1.165, 1.54) is 21.4 Å². The number of amidine groups is 1. The number of hydrogen-bond acceptors (Lipinski definition) is 5. The van der Waals surface area contributed by atoms with Gasteiger partial charge in [-0.1, -0.05) is 0 Å². The van der Waals surface area contributed by atoms with Crippen LogP contribution in [0.1, 0.15) is 45.0 Å². The van der Waals surface area contributed by atoms with Crippen LogP contribution in [-0.4, -0.2) is 20.8 Å². The van der Waals surface area contributed by atoms with Gasteiger partial charge in [-0.15, -0.1) is 0 Å². The van der Waals surface area contributed by atoms with Gasteiger partial charge in [0, 0.05) is 0 Å². The zero-order chi connectivity index (χ0) is 22.4. The van der Waals surface area contributed by atoms with Crippen LogP contribution in [0.25, 0.3) is 38.3 Å². The molecule has 0 fully saturated rings. The van der Waals surface area contributed by atoms with Crippen molar-refractivity contribution in [2.24, 2.45) is 5.92 Å². The maximum atomic E-state index is 4.89. The predicted molar refractivity (Wildman–Crippen MR) is 131 cm³/mol. The summed E-state index contributed by atoms with van der Waals surface area (Å²) in [6.45, 7) is 12.9. The third-order valence-corrected chi connectivity index (χ3v) is 8.44. The SMILES string of the molecule is C=C1NC(C(C)C)=N[Xe]c2cc(-c3ccc(-c4cnc(C(C)C)[nH]4)c4ncsc34)ccc21. The molecule has 2 aromatic carbocycles. The molecule has 5 rings (SSSR count). The summed E-state index contributed by atoms with van der Waals surface area (Å²) < 4.78 is 7.35. The van der Waals surface area contributed by atoms with E-state index >= 15 is 0 Å². The van der Waals surface area contributed by atoms with Gasteiger partial charge in [-0.05, 0) is 0 Å². The van der Waals surface area contributed by atoms with Gasteiger partial charge >= 0.3 is 220 Å². The fourth-order valence-corrected chi connectivity index (χ4v) is 6.84. The van der Waals surface area contributed by atoms with Crippen molar-refractivity contribution in [3.8, 4) is 22.4 Å². The quantitative estimate of drug-likeness (QED) is 0.336. The summed E-state index contributed by atoms with van der Waals surface area (Å²) in [6, 6.07) is 11.0. The van der Waals surface area contributed by atoms with Crippen LogP contribution >= 0.6 is 11.3 Å². The normalized spacial score (nSPS) is 14.2. The molecule has 0 aliphatic carbocycles. The summed E-state index contributed by atoms with van der Waals surface area (Å²) in [5, 5.41) is 3.42. The first-order valence-corrected chi connectivity index (χ1v) is 13.4. The molecule has 1 aliphatic rings. The van der Waals surface area contributed by atoms with E-state index in [1.54, 1.807) is 11.3 Å². The Labute approximate surface area is 217 Å². The average molecular weight is 559 g/mol. The van der Waals surface area contributed by atoms with Gasteiger partial charge in [0.15, 0.2) is 0 Å². The molecule has 32 heavy (non-hydrogen) atoms. The number of rotatable bonds is 4. The fourth-order valence-electron chi connectivity index (χ4n) is 3.71. The molecule has 0 spiro atoms. The zero-order valence-corrected chi connectivity index (χ0v) is 21.3. The van der Waals surface area contributed by atoms with Crippen LogP contribution < -0.4 is 5.35 Å². The van der Waals surface area contributed by atoms with Crippen LogP contribution in [0, 0.1) is 50.5 Å². The first-order chi connectivity index (χ1) is 15.4. The van der Waals surface area contributed by atoms with Crippen molar-refractivity contribution in [1.29, 1.82) is 0 Å². The van der Waals surface area contributed by atoms with Gasteiger partial charge in [0.05, 0.1) is 0 Å². The van der Waals surface area contributed by atoms with Gasteiger partial charge in [0.2, 0.25) is 0 Å².